The Balaban J connectivity index is 2.42. The number of H-pyrrole nitrogens is 1. The second kappa shape index (κ2) is 4.98. The maximum absolute atomic E-state index is 12.1. The number of anilines is 1. The molecule has 0 fully saturated rings. The molecule has 0 amide bonds. The standard InChI is InChI=1S/C13H10N4O3S/c1-20-12(19)7-5-6(8-3-2-4-21-8)9-10(15-7)16-13(14)17-11(9)18/h2-5H,1H3,(H3,14,15,16,17,18). The number of carbonyl (C=O) groups excluding carboxylic acids is 1. The minimum atomic E-state index is -0.602. The number of fused-ring (bicyclic) bond motifs is 1. The fourth-order valence-electron chi connectivity index (χ4n) is 1.99. The zero-order valence-electron chi connectivity index (χ0n) is 10.9. The van der Waals surface area contributed by atoms with Crippen molar-refractivity contribution in [2.75, 3.05) is 12.8 Å². The van der Waals surface area contributed by atoms with Gasteiger partial charge in [-0.3, -0.25) is 9.78 Å². The lowest BCUT2D eigenvalue weighted by Crippen LogP contribution is -2.15. The Morgan fingerprint density at radius 1 is 1.43 bits per heavy atom. The van der Waals surface area contributed by atoms with Gasteiger partial charge in [0, 0.05) is 10.4 Å². The summed E-state index contributed by atoms with van der Waals surface area (Å²) in [5.41, 5.74) is 5.90. The van der Waals surface area contributed by atoms with Crippen molar-refractivity contribution in [3.8, 4) is 10.4 Å². The Bertz CT molecular complexity index is 886. The second-order valence-corrected chi connectivity index (χ2v) is 5.12. The first-order chi connectivity index (χ1) is 10.1. The minimum Gasteiger partial charge on any atom is -0.464 e. The van der Waals surface area contributed by atoms with Crippen LogP contribution >= 0.6 is 11.3 Å². The van der Waals surface area contributed by atoms with Crippen LogP contribution in [0.15, 0.2) is 28.4 Å². The topological polar surface area (TPSA) is 111 Å². The predicted octanol–water partition coefficient (Wildman–Crippen LogP) is 1.42. The summed E-state index contributed by atoms with van der Waals surface area (Å²) in [6.07, 6.45) is 0. The van der Waals surface area contributed by atoms with E-state index in [1.807, 2.05) is 17.5 Å². The van der Waals surface area contributed by atoms with Gasteiger partial charge in [-0.15, -0.1) is 11.3 Å². The number of ether oxygens (including phenoxy) is 1. The molecule has 3 aromatic heterocycles. The minimum absolute atomic E-state index is 0.0563. The maximum Gasteiger partial charge on any atom is 0.356 e. The number of nitrogens with zero attached hydrogens (tertiary/aromatic N) is 2. The average Bonchev–Trinajstić information content (AvgIpc) is 2.98. The van der Waals surface area contributed by atoms with Crippen LogP contribution in [0.4, 0.5) is 5.95 Å². The van der Waals surface area contributed by atoms with Crippen molar-refractivity contribution in [3.63, 3.8) is 0 Å². The molecule has 0 aliphatic heterocycles. The first-order valence-electron chi connectivity index (χ1n) is 5.93. The molecule has 3 N–H and O–H groups in total. The van der Waals surface area contributed by atoms with Gasteiger partial charge in [-0.05, 0) is 17.5 Å². The predicted molar refractivity (Wildman–Crippen MR) is 79.2 cm³/mol. The number of aromatic nitrogens is 3. The van der Waals surface area contributed by atoms with Crippen molar-refractivity contribution < 1.29 is 9.53 Å². The number of aromatic amines is 1. The van der Waals surface area contributed by atoms with Crippen molar-refractivity contribution in [3.05, 3.63) is 39.6 Å². The zero-order chi connectivity index (χ0) is 15.0. The van der Waals surface area contributed by atoms with Crippen LogP contribution in [-0.4, -0.2) is 28.0 Å². The molecule has 0 saturated heterocycles. The highest BCUT2D eigenvalue weighted by Crippen LogP contribution is 2.29. The van der Waals surface area contributed by atoms with Crippen LogP contribution in [0.3, 0.4) is 0 Å². The number of esters is 1. The Morgan fingerprint density at radius 2 is 2.24 bits per heavy atom. The lowest BCUT2D eigenvalue weighted by Gasteiger charge is -2.06. The monoisotopic (exact) mass is 302 g/mol. The van der Waals surface area contributed by atoms with E-state index >= 15 is 0 Å². The number of thiophene rings is 1. The van der Waals surface area contributed by atoms with E-state index in [4.69, 9.17) is 5.73 Å². The lowest BCUT2D eigenvalue weighted by atomic mass is 10.1. The van der Waals surface area contributed by atoms with E-state index in [2.05, 4.69) is 19.7 Å². The number of nitrogen functional groups attached to an aromatic ring is 1. The lowest BCUT2D eigenvalue weighted by molar-refractivity contribution is 0.0594. The van der Waals surface area contributed by atoms with E-state index in [-0.39, 0.29) is 17.3 Å². The Morgan fingerprint density at radius 3 is 2.90 bits per heavy atom. The Labute approximate surface area is 122 Å². The highest BCUT2D eigenvalue weighted by atomic mass is 32.1. The number of pyridine rings is 1. The Kier molecular flexibility index (Phi) is 3.15. The van der Waals surface area contributed by atoms with Gasteiger partial charge < -0.3 is 10.5 Å². The number of hydrogen-bond acceptors (Lipinski definition) is 7. The fourth-order valence-corrected chi connectivity index (χ4v) is 2.74. The summed E-state index contributed by atoms with van der Waals surface area (Å²) >= 11 is 1.44. The van der Waals surface area contributed by atoms with Crippen LogP contribution in [0.2, 0.25) is 0 Å². The largest absolute Gasteiger partial charge is 0.464 e. The van der Waals surface area contributed by atoms with Gasteiger partial charge in [0.05, 0.1) is 12.5 Å². The van der Waals surface area contributed by atoms with Crippen LogP contribution in [0, 0.1) is 0 Å². The summed E-state index contributed by atoms with van der Waals surface area (Å²) < 4.78 is 4.68. The van der Waals surface area contributed by atoms with E-state index < -0.39 is 11.5 Å². The molecule has 7 nitrogen and oxygen atoms in total. The van der Waals surface area contributed by atoms with Crippen molar-refractivity contribution in [2.24, 2.45) is 0 Å². The normalized spacial score (nSPS) is 10.7. The first-order valence-corrected chi connectivity index (χ1v) is 6.81. The smallest absolute Gasteiger partial charge is 0.356 e. The molecule has 21 heavy (non-hydrogen) atoms. The van der Waals surface area contributed by atoms with Gasteiger partial charge in [-0.2, -0.15) is 4.98 Å². The molecule has 0 aliphatic carbocycles. The van der Waals surface area contributed by atoms with Gasteiger partial charge in [0.15, 0.2) is 11.3 Å². The number of nitrogens with two attached hydrogens (primary N) is 1. The molecule has 0 radical (unpaired) electrons. The average molecular weight is 302 g/mol. The van der Waals surface area contributed by atoms with E-state index in [1.165, 1.54) is 24.5 Å². The number of carbonyl (C=O) groups is 1. The summed E-state index contributed by atoms with van der Waals surface area (Å²) in [7, 11) is 1.26. The van der Waals surface area contributed by atoms with Crippen molar-refractivity contribution in [1.82, 2.24) is 15.0 Å². The van der Waals surface area contributed by atoms with E-state index in [0.29, 0.717) is 10.9 Å². The van der Waals surface area contributed by atoms with Gasteiger partial charge in [-0.1, -0.05) is 6.07 Å². The summed E-state index contributed by atoms with van der Waals surface area (Å²) in [6, 6.07) is 5.21. The molecule has 0 unspecified atom stereocenters. The Hall–Kier alpha value is -2.74. The molecule has 0 spiro atoms. The SMILES string of the molecule is COC(=O)c1cc(-c2cccs2)c2c(=O)[nH]c(N)nc2n1. The second-order valence-electron chi connectivity index (χ2n) is 4.17. The molecule has 106 valence electrons. The van der Waals surface area contributed by atoms with Gasteiger partial charge >= 0.3 is 5.97 Å². The quantitative estimate of drug-likeness (QED) is 0.692. The molecule has 3 heterocycles. The van der Waals surface area contributed by atoms with Gasteiger partial charge in [0.25, 0.3) is 5.56 Å². The number of rotatable bonds is 2. The number of nitrogens with one attached hydrogen (secondary N) is 1. The molecular formula is C13H10N4O3S. The third-order valence-corrected chi connectivity index (χ3v) is 3.78. The molecule has 3 aromatic rings. The third kappa shape index (κ3) is 2.25. The highest BCUT2D eigenvalue weighted by molar-refractivity contribution is 7.13. The summed E-state index contributed by atoms with van der Waals surface area (Å²) in [6.45, 7) is 0. The maximum atomic E-state index is 12.1. The molecule has 0 aromatic carbocycles. The highest BCUT2D eigenvalue weighted by Gasteiger charge is 2.17. The van der Waals surface area contributed by atoms with Crippen molar-refractivity contribution in [2.45, 2.75) is 0 Å². The third-order valence-electron chi connectivity index (χ3n) is 2.88. The van der Waals surface area contributed by atoms with Crippen LogP contribution in [0.25, 0.3) is 21.5 Å². The number of hydrogen-bond donors (Lipinski definition) is 2. The van der Waals surface area contributed by atoms with Gasteiger partial charge in [-0.25, -0.2) is 9.78 Å². The van der Waals surface area contributed by atoms with Crippen molar-refractivity contribution in [1.29, 1.82) is 0 Å². The van der Waals surface area contributed by atoms with E-state index in [0.717, 1.165) is 4.88 Å². The van der Waals surface area contributed by atoms with Crippen LogP contribution in [0.5, 0.6) is 0 Å². The molecule has 0 saturated carbocycles. The summed E-state index contributed by atoms with van der Waals surface area (Å²) in [4.78, 5) is 35.2. The van der Waals surface area contributed by atoms with E-state index in [9.17, 15) is 9.59 Å². The van der Waals surface area contributed by atoms with Crippen LogP contribution in [0.1, 0.15) is 10.5 Å². The van der Waals surface area contributed by atoms with Crippen LogP contribution < -0.4 is 11.3 Å². The summed E-state index contributed by atoms with van der Waals surface area (Å²) in [5.74, 6) is -0.658. The molecular weight excluding hydrogens is 292 g/mol. The molecule has 0 bridgehead atoms. The zero-order valence-corrected chi connectivity index (χ0v) is 11.7. The van der Waals surface area contributed by atoms with Crippen LogP contribution in [-0.2, 0) is 4.74 Å². The molecule has 0 aliphatic rings. The van der Waals surface area contributed by atoms with Gasteiger partial charge in [0.1, 0.15) is 0 Å². The number of methoxy groups -OCH3 is 1. The summed E-state index contributed by atoms with van der Waals surface area (Å²) in [5, 5.41) is 2.16. The molecule has 0 atom stereocenters. The van der Waals surface area contributed by atoms with Crippen molar-refractivity contribution >= 4 is 34.3 Å². The first kappa shape index (κ1) is 13.3. The fraction of sp³-hybridized carbons (Fsp3) is 0.0769. The van der Waals surface area contributed by atoms with E-state index in [1.54, 1.807) is 0 Å². The molecule has 8 heteroatoms. The van der Waals surface area contributed by atoms with Gasteiger partial charge in [0.2, 0.25) is 5.95 Å². The molecule has 3 rings (SSSR count).